The highest BCUT2D eigenvalue weighted by molar-refractivity contribution is 5.29. The monoisotopic (exact) mass is 266 g/mol. The molecule has 1 aliphatic carbocycles. The molecule has 0 bridgehead atoms. The van der Waals surface area contributed by atoms with Gasteiger partial charge in [-0.3, -0.25) is 0 Å². The molecule has 0 spiro atoms. The highest BCUT2D eigenvalue weighted by Gasteiger charge is 2.41. The molecule has 0 aromatic carbocycles. The van der Waals surface area contributed by atoms with Crippen LogP contribution in [0.5, 0.6) is 0 Å². The van der Waals surface area contributed by atoms with Gasteiger partial charge in [0.25, 0.3) is 5.95 Å². The van der Waals surface area contributed by atoms with Crippen LogP contribution in [-0.4, -0.2) is 42.5 Å². The van der Waals surface area contributed by atoms with Crippen molar-refractivity contribution in [1.82, 2.24) is 10.1 Å². The van der Waals surface area contributed by atoms with Crippen molar-refractivity contribution < 1.29 is 9.26 Å². The van der Waals surface area contributed by atoms with Crippen LogP contribution in [0.4, 0.5) is 5.95 Å². The Bertz CT molecular complexity index is 430. The summed E-state index contributed by atoms with van der Waals surface area (Å²) in [4.78, 5) is 6.70. The first-order valence-corrected chi connectivity index (χ1v) is 7.12. The Morgan fingerprint density at radius 1 is 1.32 bits per heavy atom. The first kappa shape index (κ1) is 12.9. The lowest BCUT2D eigenvalue weighted by Crippen LogP contribution is -2.45. The van der Waals surface area contributed by atoms with E-state index >= 15 is 0 Å². The van der Waals surface area contributed by atoms with Crippen molar-refractivity contribution in [3.63, 3.8) is 0 Å². The molecule has 19 heavy (non-hydrogen) atoms. The lowest BCUT2D eigenvalue weighted by atomic mass is 9.72. The molecule has 1 saturated heterocycles. The molecule has 2 fully saturated rings. The maximum Gasteiger partial charge on any atom is 0.266 e. The molecule has 2 aliphatic rings. The Morgan fingerprint density at radius 2 is 2.11 bits per heavy atom. The molecule has 2 heterocycles. The van der Waals surface area contributed by atoms with Crippen LogP contribution in [0.1, 0.15) is 38.5 Å². The molecule has 2 atom stereocenters. The molecule has 3 rings (SSSR count). The van der Waals surface area contributed by atoms with E-state index in [2.05, 4.69) is 22.0 Å². The number of aromatic nitrogens is 2. The van der Waals surface area contributed by atoms with E-state index in [0.717, 1.165) is 39.1 Å². The van der Waals surface area contributed by atoms with Crippen LogP contribution >= 0.6 is 0 Å². The summed E-state index contributed by atoms with van der Waals surface area (Å²) >= 11 is 0. The lowest BCUT2D eigenvalue weighted by Gasteiger charge is -2.36. The zero-order valence-corrected chi connectivity index (χ0v) is 11.5. The van der Waals surface area contributed by atoms with Crippen LogP contribution in [0.15, 0.2) is 4.52 Å². The highest BCUT2D eigenvalue weighted by Crippen LogP contribution is 2.37. The summed E-state index contributed by atoms with van der Waals surface area (Å²) < 4.78 is 10.8. The average Bonchev–Trinajstić information content (AvgIpc) is 2.94. The van der Waals surface area contributed by atoms with Crippen molar-refractivity contribution in [2.45, 2.75) is 44.1 Å². The number of nitrogens with two attached hydrogens (primary N) is 1. The van der Waals surface area contributed by atoms with E-state index in [1.807, 2.05) is 0 Å². The molecule has 106 valence electrons. The molecule has 1 saturated carbocycles. The fourth-order valence-electron chi connectivity index (χ4n) is 2.97. The van der Waals surface area contributed by atoms with Gasteiger partial charge in [0, 0.05) is 19.1 Å². The Kier molecular flexibility index (Phi) is 3.45. The maximum atomic E-state index is 6.27. The third kappa shape index (κ3) is 2.34. The van der Waals surface area contributed by atoms with Gasteiger partial charge in [0.05, 0.1) is 18.6 Å². The molecule has 1 aliphatic heterocycles. The molecule has 0 amide bonds. The number of hydrogen-bond acceptors (Lipinski definition) is 6. The second kappa shape index (κ2) is 5.09. The van der Waals surface area contributed by atoms with Gasteiger partial charge in [-0.25, -0.2) is 0 Å². The second-order valence-corrected chi connectivity index (χ2v) is 5.77. The van der Waals surface area contributed by atoms with Crippen molar-refractivity contribution in [2.75, 3.05) is 31.2 Å². The topological polar surface area (TPSA) is 77.4 Å². The summed E-state index contributed by atoms with van der Waals surface area (Å²) in [5, 5.41) is 4.12. The normalized spacial score (nSPS) is 32.5. The largest absolute Gasteiger partial charge is 0.378 e. The van der Waals surface area contributed by atoms with E-state index in [9.17, 15) is 0 Å². The smallest absolute Gasteiger partial charge is 0.266 e. The van der Waals surface area contributed by atoms with Crippen LogP contribution in [0.25, 0.3) is 0 Å². The Hall–Kier alpha value is -1.14. The van der Waals surface area contributed by atoms with Crippen molar-refractivity contribution >= 4 is 5.95 Å². The van der Waals surface area contributed by atoms with Gasteiger partial charge in [0.15, 0.2) is 0 Å². The van der Waals surface area contributed by atoms with E-state index in [4.69, 9.17) is 15.0 Å². The van der Waals surface area contributed by atoms with Crippen molar-refractivity contribution in [2.24, 2.45) is 5.73 Å². The minimum absolute atomic E-state index is 0.110. The third-order valence-electron chi connectivity index (χ3n) is 4.48. The first-order chi connectivity index (χ1) is 9.20. The molecular formula is C13H22N4O2. The van der Waals surface area contributed by atoms with Gasteiger partial charge in [-0.15, -0.1) is 0 Å². The molecule has 1 aromatic rings. The summed E-state index contributed by atoms with van der Waals surface area (Å²) in [5.41, 5.74) is 6.10. The van der Waals surface area contributed by atoms with E-state index in [-0.39, 0.29) is 11.5 Å². The number of hydrogen-bond donors (Lipinski definition) is 1. The quantitative estimate of drug-likeness (QED) is 0.862. The van der Waals surface area contributed by atoms with E-state index in [1.54, 1.807) is 0 Å². The number of morpholine rings is 1. The predicted molar refractivity (Wildman–Crippen MR) is 71.1 cm³/mol. The second-order valence-electron chi connectivity index (χ2n) is 5.77. The fraction of sp³-hybridized carbons (Fsp3) is 0.846. The summed E-state index contributed by atoms with van der Waals surface area (Å²) in [5.74, 6) is 1.37. The lowest BCUT2D eigenvalue weighted by molar-refractivity contribution is 0.121. The van der Waals surface area contributed by atoms with Crippen LogP contribution in [-0.2, 0) is 10.2 Å². The minimum Gasteiger partial charge on any atom is -0.378 e. The number of nitrogens with zero attached hydrogens (tertiary/aromatic N) is 3. The zero-order chi connectivity index (χ0) is 13.3. The Labute approximate surface area is 113 Å². The average molecular weight is 266 g/mol. The Morgan fingerprint density at radius 3 is 2.84 bits per heavy atom. The molecule has 6 heteroatoms. The van der Waals surface area contributed by atoms with Gasteiger partial charge in [-0.2, -0.15) is 4.98 Å². The van der Waals surface area contributed by atoms with E-state index in [1.165, 1.54) is 12.8 Å². The highest BCUT2D eigenvalue weighted by atomic mass is 16.5. The Balaban J connectivity index is 1.79. The van der Waals surface area contributed by atoms with E-state index in [0.29, 0.717) is 11.8 Å². The van der Waals surface area contributed by atoms with Crippen molar-refractivity contribution in [1.29, 1.82) is 0 Å². The molecule has 1 aromatic heterocycles. The fourth-order valence-corrected chi connectivity index (χ4v) is 2.97. The van der Waals surface area contributed by atoms with Crippen molar-refractivity contribution in [3.05, 3.63) is 5.89 Å². The van der Waals surface area contributed by atoms with Crippen LogP contribution in [0.2, 0.25) is 0 Å². The maximum absolute atomic E-state index is 6.27. The van der Waals surface area contributed by atoms with Crippen molar-refractivity contribution in [3.8, 4) is 0 Å². The van der Waals surface area contributed by atoms with Crippen LogP contribution < -0.4 is 10.6 Å². The number of ether oxygens (including phenoxy) is 1. The standard InChI is InChI=1S/C13H22N4O2/c1-13(5-3-2-4-10(13)14)11-15-12(16-19-11)17-6-8-18-9-7-17/h10H,2-9,14H2,1H3. The molecule has 2 N–H and O–H groups in total. The van der Waals surface area contributed by atoms with Gasteiger partial charge < -0.3 is 19.9 Å². The van der Waals surface area contributed by atoms with Crippen LogP contribution in [0, 0.1) is 0 Å². The summed E-state index contributed by atoms with van der Waals surface area (Å²) in [7, 11) is 0. The third-order valence-corrected chi connectivity index (χ3v) is 4.48. The van der Waals surface area contributed by atoms with Gasteiger partial charge in [-0.1, -0.05) is 12.8 Å². The number of rotatable bonds is 2. The summed E-state index contributed by atoms with van der Waals surface area (Å²) in [6, 6.07) is 0.110. The van der Waals surface area contributed by atoms with Gasteiger partial charge in [0.1, 0.15) is 0 Å². The zero-order valence-electron chi connectivity index (χ0n) is 11.5. The van der Waals surface area contributed by atoms with Gasteiger partial charge >= 0.3 is 0 Å². The van der Waals surface area contributed by atoms with Gasteiger partial charge in [-0.05, 0) is 24.9 Å². The summed E-state index contributed by atoms with van der Waals surface area (Å²) in [6.07, 6.45) is 4.44. The minimum atomic E-state index is -0.171. The molecule has 2 unspecified atom stereocenters. The van der Waals surface area contributed by atoms with E-state index < -0.39 is 0 Å². The predicted octanol–water partition coefficient (Wildman–Crippen LogP) is 1.07. The van der Waals surface area contributed by atoms with Gasteiger partial charge in [0.2, 0.25) is 5.89 Å². The molecule has 0 radical (unpaired) electrons. The number of anilines is 1. The summed E-state index contributed by atoms with van der Waals surface area (Å²) in [6.45, 7) is 5.23. The molecular weight excluding hydrogens is 244 g/mol. The SMILES string of the molecule is CC1(c2nc(N3CCOCC3)no2)CCCCC1N. The van der Waals surface area contributed by atoms with Crippen LogP contribution in [0.3, 0.4) is 0 Å². The molecule has 6 nitrogen and oxygen atoms in total. The first-order valence-electron chi connectivity index (χ1n) is 7.12.